The van der Waals surface area contributed by atoms with Crippen molar-refractivity contribution in [3.63, 3.8) is 0 Å². The Balaban J connectivity index is 1.81. The first-order chi connectivity index (χ1) is 8.34. The molecule has 0 saturated carbocycles. The van der Waals surface area contributed by atoms with E-state index in [2.05, 4.69) is 18.2 Å². The van der Waals surface area contributed by atoms with E-state index in [-0.39, 0.29) is 6.04 Å². The molecule has 2 N–H and O–H groups in total. The highest BCUT2D eigenvalue weighted by Crippen LogP contribution is 2.38. The van der Waals surface area contributed by atoms with Crippen LogP contribution in [-0.4, -0.2) is 6.10 Å². The van der Waals surface area contributed by atoms with E-state index in [1.165, 1.54) is 12.8 Å². The van der Waals surface area contributed by atoms with Crippen molar-refractivity contribution in [2.75, 3.05) is 0 Å². The van der Waals surface area contributed by atoms with Crippen LogP contribution in [0.4, 0.5) is 0 Å². The first kappa shape index (κ1) is 10.8. The van der Waals surface area contributed by atoms with Gasteiger partial charge < -0.3 is 10.5 Å². The molecule has 2 heteroatoms. The summed E-state index contributed by atoms with van der Waals surface area (Å²) in [4.78, 5) is 0. The number of benzene rings is 1. The number of rotatable bonds is 1. The second-order valence-corrected chi connectivity index (χ2v) is 5.08. The van der Waals surface area contributed by atoms with E-state index in [0.29, 0.717) is 12.0 Å². The molecule has 1 aliphatic carbocycles. The second-order valence-electron chi connectivity index (χ2n) is 5.08. The van der Waals surface area contributed by atoms with E-state index in [9.17, 15) is 0 Å². The van der Waals surface area contributed by atoms with Crippen molar-refractivity contribution in [3.8, 4) is 5.75 Å². The number of allylic oxidation sites excluding steroid dienone is 2. The quantitative estimate of drug-likeness (QED) is 0.751. The molecule has 0 amide bonds. The smallest absolute Gasteiger partial charge is 0.124 e. The van der Waals surface area contributed by atoms with Gasteiger partial charge in [-0.3, -0.25) is 0 Å². The fourth-order valence-corrected chi connectivity index (χ4v) is 2.93. The van der Waals surface area contributed by atoms with E-state index in [1.54, 1.807) is 0 Å². The van der Waals surface area contributed by atoms with E-state index >= 15 is 0 Å². The van der Waals surface area contributed by atoms with E-state index < -0.39 is 0 Å². The summed E-state index contributed by atoms with van der Waals surface area (Å²) in [6.07, 6.45) is 9.35. The zero-order chi connectivity index (χ0) is 11.7. The van der Waals surface area contributed by atoms with Crippen molar-refractivity contribution in [1.82, 2.24) is 0 Å². The fourth-order valence-electron chi connectivity index (χ4n) is 2.93. The van der Waals surface area contributed by atoms with Gasteiger partial charge in [-0.15, -0.1) is 0 Å². The third-order valence-electron chi connectivity index (χ3n) is 3.92. The maximum Gasteiger partial charge on any atom is 0.124 e. The molecule has 3 rings (SSSR count). The Labute approximate surface area is 102 Å². The molecule has 90 valence electrons. The van der Waals surface area contributed by atoms with Crippen LogP contribution in [0.5, 0.6) is 5.75 Å². The highest BCUT2D eigenvalue weighted by atomic mass is 16.5. The standard InChI is InChI=1S/C15H19NO/c16-13-10-15(11-6-2-1-3-7-11)17-14-9-5-4-8-12(13)14/h1-2,4-5,8-9,11,13,15H,3,6-7,10,16H2/t11?,13-,15?/m0/s1. The molecule has 2 unspecified atom stereocenters. The Hall–Kier alpha value is -1.28. The summed E-state index contributed by atoms with van der Waals surface area (Å²) < 4.78 is 6.13. The molecule has 2 nitrogen and oxygen atoms in total. The minimum atomic E-state index is 0.135. The van der Waals surface area contributed by atoms with Gasteiger partial charge in [0.1, 0.15) is 11.9 Å². The highest BCUT2D eigenvalue weighted by molar-refractivity contribution is 5.37. The van der Waals surface area contributed by atoms with Gasteiger partial charge >= 0.3 is 0 Å². The van der Waals surface area contributed by atoms with Crippen LogP contribution in [0.1, 0.15) is 37.3 Å². The van der Waals surface area contributed by atoms with Crippen LogP contribution in [0.15, 0.2) is 36.4 Å². The lowest BCUT2D eigenvalue weighted by atomic mass is 9.84. The van der Waals surface area contributed by atoms with Gasteiger partial charge in [0.05, 0.1) is 0 Å². The highest BCUT2D eigenvalue weighted by Gasteiger charge is 2.31. The number of ether oxygens (including phenoxy) is 1. The zero-order valence-electron chi connectivity index (χ0n) is 10.0. The van der Waals surface area contributed by atoms with Gasteiger partial charge in [0, 0.05) is 18.0 Å². The lowest BCUT2D eigenvalue weighted by molar-refractivity contribution is 0.0938. The summed E-state index contributed by atoms with van der Waals surface area (Å²) in [5, 5.41) is 0. The van der Waals surface area contributed by atoms with Crippen LogP contribution in [0.3, 0.4) is 0 Å². The second kappa shape index (κ2) is 4.53. The summed E-state index contributed by atoms with van der Waals surface area (Å²) >= 11 is 0. The predicted molar refractivity (Wildman–Crippen MR) is 68.9 cm³/mol. The summed E-state index contributed by atoms with van der Waals surface area (Å²) in [6.45, 7) is 0. The molecule has 1 heterocycles. The Kier molecular flexibility index (Phi) is 2.89. The average Bonchev–Trinajstić information content (AvgIpc) is 2.40. The topological polar surface area (TPSA) is 35.2 Å². The summed E-state index contributed by atoms with van der Waals surface area (Å²) in [7, 11) is 0. The molecule has 0 bridgehead atoms. The SMILES string of the molecule is N[C@H]1CC(C2CC=CCC2)Oc2ccccc21. The van der Waals surface area contributed by atoms with Gasteiger partial charge in [-0.2, -0.15) is 0 Å². The molecule has 1 aliphatic heterocycles. The van der Waals surface area contributed by atoms with Crippen LogP contribution in [0.2, 0.25) is 0 Å². The molecule has 3 atom stereocenters. The van der Waals surface area contributed by atoms with Crippen LogP contribution >= 0.6 is 0 Å². The molecule has 0 saturated heterocycles. The van der Waals surface area contributed by atoms with E-state index in [4.69, 9.17) is 10.5 Å². The Morgan fingerprint density at radius 1 is 1.18 bits per heavy atom. The average molecular weight is 229 g/mol. The summed E-state index contributed by atoms with van der Waals surface area (Å²) in [6, 6.07) is 8.31. The summed E-state index contributed by atoms with van der Waals surface area (Å²) in [5.74, 6) is 1.63. The number of nitrogens with two attached hydrogens (primary N) is 1. The van der Waals surface area contributed by atoms with Crippen LogP contribution in [0, 0.1) is 5.92 Å². The van der Waals surface area contributed by atoms with Crippen LogP contribution < -0.4 is 10.5 Å². The molecule has 0 radical (unpaired) electrons. The molecule has 0 fully saturated rings. The minimum absolute atomic E-state index is 0.135. The number of fused-ring (bicyclic) bond motifs is 1. The molecular formula is C15H19NO. The van der Waals surface area contributed by atoms with Gasteiger partial charge in [-0.1, -0.05) is 30.4 Å². The number of hydrogen-bond donors (Lipinski definition) is 1. The molecule has 0 aromatic heterocycles. The largest absolute Gasteiger partial charge is 0.490 e. The maximum atomic E-state index is 6.25. The first-order valence-electron chi connectivity index (χ1n) is 6.51. The summed E-state index contributed by atoms with van der Waals surface area (Å²) in [5.41, 5.74) is 7.41. The normalized spacial score (nSPS) is 31.7. The molecular weight excluding hydrogens is 210 g/mol. The number of hydrogen-bond acceptors (Lipinski definition) is 2. The van der Waals surface area contributed by atoms with Gasteiger partial charge in [0.2, 0.25) is 0 Å². The van der Waals surface area contributed by atoms with Crippen LogP contribution in [0.25, 0.3) is 0 Å². The lowest BCUT2D eigenvalue weighted by Gasteiger charge is -2.35. The van der Waals surface area contributed by atoms with Crippen molar-refractivity contribution < 1.29 is 4.74 Å². The Bertz CT molecular complexity index is 427. The van der Waals surface area contributed by atoms with Crippen LogP contribution in [-0.2, 0) is 0 Å². The fraction of sp³-hybridized carbons (Fsp3) is 0.467. The van der Waals surface area contributed by atoms with Crippen molar-refractivity contribution >= 4 is 0 Å². The van der Waals surface area contributed by atoms with E-state index in [1.807, 2.05) is 18.2 Å². The minimum Gasteiger partial charge on any atom is -0.490 e. The molecule has 17 heavy (non-hydrogen) atoms. The lowest BCUT2D eigenvalue weighted by Crippen LogP contribution is -2.35. The Morgan fingerprint density at radius 3 is 2.88 bits per heavy atom. The van der Waals surface area contributed by atoms with Crippen molar-refractivity contribution in [2.24, 2.45) is 11.7 Å². The molecule has 1 aromatic rings. The molecule has 2 aliphatic rings. The number of para-hydroxylation sites is 1. The van der Waals surface area contributed by atoms with Crippen molar-refractivity contribution in [2.45, 2.75) is 37.8 Å². The monoisotopic (exact) mass is 229 g/mol. The van der Waals surface area contributed by atoms with Gasteiger partial charge in [0.25, 0.3) is 0 Å². The van der Waals surface area contributed by atoms with Crippen molar-refractivity contribution in [3.05, 3.63) is 42.0 Å². The first-order valence-corrected chi connectivity index (χ1v) is 6.51. The van der Waals surface area contributed by atoms with Gasteiger partial charge in [0.15, 0.2) is 0 Å². The molecule has 1 aromatic carbocycles. The predicted octanol–water partition coefficient (Wildman–Crippen LogP) is 3.19. The van der Waals surface area contributed by atoms with Gasteiger partial charge in [-0.25, -0.2) is 0 Å². The zero-order valence-corrected chi connectivity index (χ0v) is 10.0. The Morgan fingerprint density at radius 2 is 2.06 bits per heavy atom. The third kappa shape index (κ3) is 2.09. The maximum absolute atomic E-state index is 6.25. The third-order valence-corrected chi connectivity index (χ3v) is 3.92. The van der Waals surface area contributed by atoms with Gasteiger partial charge in [-0.05, 0) is 31.2 Å². The van der Waals surface area contributed by atoms with Crippen molar-refractivity contribution in [1.29, 1.82) is 0 Å². The van der Waals surface area contributed by atoms with E-state index in [0.717, 1.165) is 24.2 Å². The molecule has 0 spiro atoms.